The summed E-state index contributed by atoms with van der Waals surface area (Å²) in [7, 11) is 0. The molecule has 0 aliphatic heterocycles. The third-order valence-corrected chi connectivity index (χ3v) is 6.46. The lowest BCUT2D eigenvalue weighted by molar-refractivity contribution is -0.139. The van der Waals surface area contributed by atoms with E-state index < -0.39 is 6.04 Å². The van der Waals surface area contributed by atoms with Crippen LogP contribution in [0.3, 0.4) is 0 Å². The third kappa shape index (κ3) is 8.06. The van der Waals surface area contributed by atoms with Gasteiger partial charge in [-0.3, -0.25) is 9.59 Å². The van der Waals surface area contributed by atoms with Crippen LogP contribution in [0.2, 0.25) is 10.0 Å². The molecule has 0 aromatic heterocycles. The van der Waals surface area contributed by atoms with Gasteiger partial charge in [0.15, 0.2) is 0 Å². The average molecular weight is 481 g/mol. The van der Waals surface area contributed by atoms with Crippen LogP contribution >= 0.6 is 35.0 Å². The van der Waals surface area contributed by atoms with E-state index in [4.69, 9.17) is 23.2 Å². The molecule has 0 aliphatic rings. The van der Waals surface area contributed by atoms with Crippen LogP contribution < -0.4 is 5.32 Å². The van der Waals surface area contributed by atoms with Gasteiger partial charge < -0.3 is 10.2 Å². The zero-order valence-corrected chi connectivity index (χ0v) is 20.6. The van der Waals surface area contributed by atoms with Crippen molar-refractivity contribution >= 4 is 46.8 Å². The topological polar surface area (TPSA) is 49.4 Å². The minimum atomic E-state index is -0.500. The second kappa shape index (κ2) is 13.0. The number of nitrogens with one attached hydrogen (secondary N) is 1. The molecule has 0 spiro atoms. The average Bonchev–Trinajstić information content (AvgIpc) is 2.74. The van der Waals surface area contributed by atoms with Crippen molar-refractivity contribution in [2.45, 2.75) is 52.0 Å². The summed E-state index contributed by atoms with van der Waals surface area (Å²) in [5, 5.41) is 4.12. The number of carbonyl (C=O) groups excluding carboxylic acids is 2. The Morgan fingerprint density at radius 1 is 1.10 bits per heavy atom. The van der Waals surface area contributed by atoms with E-state index in [0.717, 1.165) is 23.1 Å². The molecular formula is C24H30Cl2N2O2S. The van der Waals surface area contributed by atoms with Crippen molar-refractivity contribution in [2.24, 2.45) is 0 Å². The van der Waals surface area contributed by atoms with E-state index in [1.165, 1.54) is 11.8 Å². The highest BCUT2D eigenvalue weighted by Crippen LogP contribution is 2.25. The van der Waals surface area contributed by atoms with Gasteiger partial charge in [0.2, 0.25) is 11.8 Å². The molecule has 0 heterocycles. The number of halogens is 2. The number of benzene rings is 2. The third-order valence-electron chi connectivity index (χ3n) is 4.91. The quantitative estimate of drug-likeness (QED) is 0.437. The number of hydrogen-bond donors (Lipinski definition) is 1. The van der Waals surface area contributed by atoms with E-state index >= 15 is 0 Å². The van der Waals surface area contributed by atoms with Crippen LogP contribution in [-0.4, -0.2) is 35.1 Å². The van der Waals surface area contributed by atoms with Crippen molar-refractivity contribution in [3.05, 3.63) is 69.2 Å². The molecule has 0 radical (unpaired) electrons. The maximum atomic E-state index is 13.2. The summed E-state index contributed by atoms with van der Waals surface area (Å²) in [6.45, 7) is 6.98. The molecule has 168 valence electrons. The summed E-state index contributed by atoms with van der Waals surface area (Å²) in [4.78, 5) is 27.6. The van der Waals surface area contributed by atoms with Gasteiger partial charge >= 0.3 is 0 Å². The molecule has 4 nitrogen and oxygen atoms in total. The van der Waals surface area contributed by atoms with Crippen LogP contribution in [0, 0.1) is 6.92 Å². The molecule has 0 aliphatic carbocycles. The van der Waals surface area contributed by atoms with E-state index in [1.807, 2.05) is 51.1 Å². The van der Waals surface area contributed by atoms with Gasteiger partial charge in [-0.05, 0) is 43.0 Å². The number of rotatable bonds is 11. The summed E-state index contributed by atoms with van der Waals surface area (Å²) in [6, 6.07) is 12.9. The Balaban J connectivity index is 2.11. The lowest BCUT2D eigenvalue weighted by Gasteiger charge is -2.30. The van der Waals surface area contributed by atoms with Crippen molar-refractivity contribution in [3.8, 4) is 0 Å². The zero-order valence-electron chi connectivity index (χ0n) is 18.3. The summed E-state index contributed by atoms with van der Waals surface area (Å²) < 4.78 is 0. The van der Waals surface area contributed by atoms with Gasteiger partial charge in [0.25, 0.3) is 0 Å². The molecule has 1 unspecified atom stereocenters. The van der Waals surface area contributed by atoms with Crippen LogP contribution in [0.15, 0.2) is 42.5 Å². The first kappa shape index (κ1) is 25.6. The molecule has 1 atom stereocenters. The summed E-state index contributed by atoms with van der Waals surface area (Å²) in [6.07, 6.45) is 1.41. The Kier molecular flexibility index (Phi) is 10.7. The van der Waals surface area contributed by atoms with E-state index in [-0.39, 0.29) is 17.6 Å². The second-order valence-electron chi connectivity index (χ2n) is 7.45. The summed E-state index contributed by atoms with van der Waals surface area (Å²) >= 11 is 13.7. The molecule has 0 saturated heterocycles. The molecule has 31 heavy (non-hydrogen) atoms. The standard InChI is InChI=1S/C24H30Cl2N2O2S/c1-4-12-27-24(30)22(5-2)28(14-18-8-6-17(3)7-9-18)23(29)16-31-15-19-10-11-20(25)13-21(19)26/h6-11,13,22H,4-5,12,14-16H2,1-3H3,(H,27,30). The van der Waals surface area contributed by atoms with E-state index in [2.05, 4.69) is 5.32 Å². The van der Waals surface area contributed by atoms with Crippen molar-refractivity contribution < 1.29 is 9.59 Å². The Hall–Kier alpha value is -1.69. The van der Waals surface area contributed by atoms with E-state index in [0.29, 0.717) is 35.3 Å². The maximum Gasteiger partial charge on any atom is 0.242 e. The van der Waals surface area contributed by atoms with E-state index in [1.54, 1.807) is 17.0 Å². The Labute approximate surface area is 199 Å². The molecular weight excluding hydrogens is 451 g/mol. The molecule has 7 heteroatoms. The first-order valence-corrected chi connectivity index (χ1v) is 12.4. The molecule has 1 N–H and O–H groups in total. The number of amides is 2. The van der Waals surface area contributed by atoms with Gasteiger partial charge in [-0.15, -0.1) is 11.8 Å². The first-order chi connectivity index (χ1) is 14.8. The fourth-order valence-corrected chi connectivity index (χ4v) is 4.61. The number of aryl methyl sites for hydroxylation is 1. The largest absolute Gasteiger partial charge is 0.354 e. The normalized spacial score (nSPS) is 11.8. The minimum Gasteiger partial charge on any atom is -0.354 e. The monoisotopic (exact) mass is 480 g/mol. The molecule has 0 bridgehead atoms. The molecule has 2 aromatic carbocycles. The van der Waals surface area contributed by atoms with Crippen molar-refractivity contribution in [1.82, 2.24) is 10.2 Å². The molecule has 2 amide bonds. The molecule has 2 aromatic rings. The summed E-state index contributed by atoms with van der Waals surface area (Å²) in [5.74, 6) is 0.700. The SMILES string of the molecule is CCCNC(=O)C(CC)N(Cc1ccc(C)cc1)C(=O)CSCc1ccc(Cl)cc1Cl. The van der Waals surface area contributed by atoms with Crippen LogP contribution in [0.1, 0.15) is 43.4 Å². The minimum absolute atomic E-state index is 0.0610. The summed E-state index contributed by atoms with van der Waals surface area (Å²) in [5.41, 5.74) is 3.10. The van der Waals surface area contributed by atoms with Crippen molar-refractivity contribution in [1.29, 1.82) is 0 Å². The van der Waals surface area contributed by atoms with Gasteiger partial charge in [0.05, 0.1) is 5.75 Å². The smallest absolute Gasteiger partial charge is 0.242 e. The lowest BCUT2D eigenvalue weighted by Crippen LogP contribution is -2.49. The highest BCUT2D eigenvalue weighted by atomic mass is 35.5. The van der Waals surface area contributed by atoms with Gasteiger partial charge in [-0.25, -0.2) is 0 Å². The Bertz CT molecular complexity index is 874. The van der Waals surface area contributed by atoms with Gasteiger partial charge in [0, 0.05) is 28.9 Å². The highest BCUT2D eigenvalue weighted by molar-refractivity contribution is 7.99. The van der Waals surface area contributed by atoms with Crippen LogP contribution in [0.4, 0.5) is 0 Å². The molecule has 0 saturated carbocycles. The number of thioether (sulfide) groups is 1. The predicted molar refractivity (Wildman–Crippen MR) is 132 cm³/mol. The maximum absolute atomic E-state index is 13.2. The highest BCUT2D eigenvalue weighted by Gasteiger charge is 2.28. The molecule has 0 fully saturated rings. The second-order valence-corrected chi connectivity index (χ2v) is 9.28. The number of carbonyl (C=O) groups is 2. The van der Waals surface area contributed by atoms with Crippen LogP contribution in [0.5, 0.6) is 0 Å². The van der Waals surface area contributed by atoms with Gasteiger partial charge in [-0.2, -0.15) is 0 Å². The predicted octanol–water partition coefficient (Wildman–Crippen LogP) is 5.87. The van der Waals surface area contributed by atoms with Crippen molar-refractivity contribution in [2.75, 3.05) is 12.3 Å². The molecule has 2 rings (SSSR count). The van der Waals surface area contributed by atoms with Gasteiger partial charge in [0.1, 0.15) is 6.04 Å². The first-order valence-electron chi connectivity index (χ1n) is 10.5. The van der Waals surface area contributed by atoms with E-state index in [9.17, 15) is 9.59 Å². The zero-order chi connectivity index (χ0) is 22.8. The Morgan fingerprint density at radius 3 is 2.42 bits per heavy atom. The van der Waals surface area contributed by atoms with Crippen molar-refractivity contribution in [3.63, 3.8) is 0 Å². The fourth-order valence-electron chi connectivity index (χ4n) is 3.15. The lowest BCUT2D eigenvalue weighted by atomic mass is 10.1. The fraction of sp³-hybridized carbons (Fsp3) is 0.417. The van der Waals surface area contributed by atoms with Crippen LogP contribution in [0.25, 0.3) is 0 Å². The van der Waals surface area contributed by atoms with Crippen LogP contribution in [-0.2, 0) is 21.9 Å². The number of hydrogen-bond acceptors (Lipinski definition) is 3. The van der Waals surface area contributed by atoms with Gasteiger partial charge in [-0.1, -0.05) is 72.9 Å². The Morgan fingerprint density at radius 2 is 1.81 bits per heavy atom. The number of nitrogens with zero attached hydrogens (tertiary/aromatic N) is 1.